The lowest BCUT2D eigenvalue weighted by molar-refractivity contribution is -0.120. The molecule has 0 saturated carbocycles. The average molecular weight is 271 g/mol. The third-order valence-electron chi connectivity index (χ3n) is 2.33. The zero-order valence-corrected chi connectivity index (χ0v) is 10.5. The molecule has 15 heavy (non-hydrogen) atoms. The lowest BCUT2D eigenvalue weighted by atomic mass is 10.0. The minimum absolute atomic E-state index is 0.0469. The number of anilines is 1. The summed E-state index contributed by atoms with van der Waals surface area (Å²) in [5, 5.41) is 2.80. The van der Waals surface area contributed by atoms with E-state index < -0.39 is 0 Å². The number of rotatable bonds is 4. The number of pyridine rings is 1. The van der Waals surface area contributed by atoms with Crippen molar-refractivity contribution < 1.29 is 4.79 Å². The SMILES string of the molecule is CCC(CC)C(=O)Nc1cc(Br)ccn1. The van der Waals surface area contributed by atoms with Gasteiger partial charge in [-0.15, -0.1) is 0 Å². The highest BCUT2D eigenvalue weighted by Crippen LogP contribution is 2.15. The summed E-state index contributed by atoms with van der Waals surface area (Å²) < 4.78 is 0.914. The van der Waals surface area contributed by atoms with Crippen LogP contribution in [0, 0.1) is 5.92 Å². The summed E-state index contributed by atoms with van der Waals surface area (Å²) in [6, 6.07) is 3.62. The van der Waals surface area contributed by atoms with Gasteiger partial charge in [0.25, 0.3) is 0 Å². The fraction of sp³-hybridized carbons (Fsp3) is 0.455. The molecule has 0 aliphatic rings. The number of carbonyl (C=O) groups is 1. The fourth-order valence-corrected chi connectivity index (χ4v) is 1.70. The van der Waals surface area contributed by atoms with Gasteiger partial charge in [0.2, 0.25) is 5.91 Å². The fourth-order valence-electron chi connectivity index (χ4n) is 1.36. The minimum atomic E-state index is 0.0469. The molecule has 0 unspecified atom stereocenters. The molecule has 0 radical (unpaired) electrons. The van der Waals surface area contributed by atoms with Gasteiger partial charge in [-0.2, -0.15) is 0 Å². The van der Waals surface area contributed by atoms with E-state index in [0.717, 1.165) is 17.3 Å². The Balaban J connectivity index is 2.65. The second-order valence-corrected chi connectivity index (χ2v) is 4.28. The van der Waals surface area contributed by atoms with Crippen molar-refractivity contribution in [3.8, 4) is 0 Å². The highest BCUT2D eigenvalue weighted by atomic mass is 79.9. The van der Waals surface area contributed by atoms with E-state index in [4.69, 9.17) is 0 Å². The Kier molecular flexibility index (Phi) is 4.75. The maximum atomic E-state index is 11.7. The van der Waals surface area contributed by atoms with E-state index in [1.807, 2.05) is 19.9 Å². The predicted octanol–water partition coefficient (Wildman–Crippen LogP) is 3.22. The van der Waals surface area contributed by atoms with Gasteiger partial charge in [-0.05, 0) is 25.0 Å². The highest BCUT2D eigenvalue weighted by Gasteiger charge is 2.14. The number of halogens is 1. The number of aromatic nitrogens is 1. The third-order valence-corrected chi connectivity index (χ3v) is 2.82. The van der Waals surface area contributed by atoms with Crippen LogP contribution < -0.4 is 5.32 Å². The van der Waals surface area contributed by atoms with Crippen LogP contribution in [0.4, 0.5) is 5.82 Å². The number of carbonyl (C=O) groups excluding carboxylic acids is 1. The topological polar surface area (TPSA) is 42.0 Å². The Morgan fingerprint density at radius 2 is 2.20 bits per heavy atom. The Morgan fingerprint density at radius 1 is 1.53 bits per heavy atom. The molecule has 0 bridgehead atoms. The average Bonchev–Trinajstić information content (AvgIpc) is 2.19. The van der Waals surface area contributed by atoms with Gasteiger partial charge in [0, 0.05) is 16.6 Å². The number of amides is 1. The van der Waals surface area contributed by atoms with E-state index in [-0.39, 0.29) is 11.8 Å². The molecule has 1 aromatic heterocycles. The minimum Gasteiger partial charge on any atom is -0.310 e. The first kappa shape index (κ1) is 12.2. The standard InChI is InChI=1S/C11H15BrN2O/c1-3-8(4-2)11(15)14-10-7-9(12)5-6-13-10/h5-8H,3-4H2,1-2H3,(H,13,14,15). The smallest absolute Gasteiger partial charge is 0.228 e. The molecule has 0 aliphatic carbocycles. The zero-order chi connectivity index (χ0) is 11.3. The first-order valence-corrected chi connectivity index (χ1v) is 5.89. The van der Waals surface area contributed by atoms with Crippen LogP contribution in [0.5, 0.6) is 0 Å². The van der Waals surface area contributed by atoms with Gasteiger partial charge in [-0.25, -0.2) is 4.98 Å². The monoisotopic (exact) mass is 270 g/mol. The van der Waals surface area contributed by atoms with Crippen molar-refractivity contribution in [3.63, 3.8) is 0 Å². The van der Waals surface area contributed by atoms with Crippen molar-refractivity contribution in [1.82, 2.24) is 4.98 Å². The van der Waals surface area contributed by atoms with Gasteiger partial charge in [-0.3, -0.25) is 4.79 Å². The molecule has 1 rings (SSSR count). The van der Waals surface area contributed by atoms with Gasteiger partial charge in [0.05, 0.1) is 0 Å². The number of hydrogen-bond acceptors (Lipinski definition) is 2. The van der Waals surface area contributed by atoms with E-state index in [1.165, 1.54) is 0 Å². The second kappa shape index (κ2) is 5.85. The van der Waals surface area contributed by atoms with Crippen LogP contribution in [-0.2, 0) is 4.79 Å². The first-order chi connectivity index (χ1) is 7.17. The molecule has 82 valence electrons. The van der Waals surface area contributed by atoms with Crippen LogP contribution in [0.25, 0.3) is 0 Å². The van der Waals surface area contributed by atoms with Gasteiger partial charge < -0.3 is 5.32 Å². The molecule has 3 nitrogen and oxygen atoms in total. The van der Waals surface area contributed by atoms with E-state index in [1.54, 1.807) is 12.3 Å². The molecule has 1 amide bonds. The summed E-state index contributed by atoms with van der Waals surface area (Å²) in [5.41, 5.74) is 0. The lowest BCUT2D eigenvalue weighted by Crippen LogP contribution is -2.22. The molecule has 0 spiro atoms. The largest absolute Gasteiger partial charge is 0.310 e. The summed E-state index contributed by atoms with van der Waals surface area (Å²) in [6.07, 6.45) is 3.37. The molecular weight excluding hydrogens is 256 g/mol. The summed E-state index contributed by atoms with van der Waals surface area (Å²) in [4.78, 5) is 15.8. The van der Waals surface area contributed by atoms with Crippen LogP contribution in [0.2, 0.25) is 0 Å². The second-order valence-electron chi connectivity index (χ2n) is 3.36. The van der Waals surface area contributed by atoms with Gasteiger partial charge in [0.15, 0.2) is 0 Å². The number of hydrogen-bond donors (Lipinski definition) is 1. The number of nitrogens with zero attached hydrogens (tertiary/aromatic N) is 1. The van der Waals surface area contributed by atoms with Crippen molar-refractivity contribution in [3.05, 3.63) is 22.8 Å². The van der Waals surface area contributed by atoms with E-state index >= 15 is 0 Å². The maximum absolute atomic E-state index is 11.7. The summed E-state index contributed by atoms with van der Waals surface area (Å²) in [5.74, 6) is 0.720. The summed E-state index contributed by atoms with van der Waals surface area (Å²) in [7, 11) is 0. The maximum Gasteiger partial charge on any atom is 0.228 e. The van der Waals surface area contributed by atoms with Gasteiger partial charge in [0.1, 0.15) is 5.82 Å². The van der Waals surface area contributed by atoms with Gasteiger partial charge in [-0.1, -0.05) is 29.8 Å². The molecule has 1 aromatic rings. The zero-order valence-electron chi connectivity index (χ0n) is 8.96. The molecule has 1 N–H and O–H groups in total. The van der Waals surface area contributed by atoms with E-state index in [0.29, 0.717) is 5.82 Å². The van der Waals surface area contributed by atoms with Crippen LogP contribution in [0.15, 0.2) is 22.8 Å². The van der Waals surface area contributed by atoms with E-state index in [2.05, 4.69) is 26.2 Å². The highest BCUT2D eigenvalue weighted by molar-refractivity contribution is 9.10. The molecular formula is C11H15BrN2O. The van der Waals surface area contributed by atoms with Crippen molar-refractivity contribution in [2.45, 2.75) is 26.7 Å². The molecule has 0 aromatic carbocycles. The Labute approximate surface area is 98.4 Å². The molecule has 0 aliphatic heterocycles. The first-order valence-electron chi connectivity index (χ1n) is 5.09. The van der Waals surface area contributed by atoms with Crippen molar-refractivity contribution in [2.75, 3.05) is 5.32 Å². The third kappa shape index (κ3) is 3.63. The van der Waals surface area contributed by atoms with Crippen LogP contribution >= 0.6 is 15.9 Å². The van der Waals surface area contributed by atoms with Crippen LogP contribution in [0.3, 0.4) is 0 Å². The molecule has 1 heterocycles. The van der Waals surface area contributed by atoms with Gasteiger partial charge >= 0.3 is 0 Å². The molecule has 0 fully saturated rings. The lowest BCUT2D eigenvalue weighted by Gasteiger charge is -2.11. The molecule has 4 heteroatoms. The molecule has 0 atom stereocenters. The Bertz CT molecular complexity index is 337. The summed E-state index contributed by atoms with van der Waals surface area (Å²) >= 11 is 3.33. The van der Waals surface area contributed by atoms with E-state index in [9.17, 15) is 4.79 Å². The summed E-state index contributed by atoms with van der Waals surface area (Å²) in [6.45, 7) is 4.03. The predicted molar refractivity (Wildman–Crippen MR) is 64.6 cm³/mol. The van der Waals surface area contributed by atoms with Crippen molar-refractivity contribution in [2.24, 2.45) is 5.92 Å². The molecule has 0 saturated heterocycles. The Morgan fingerprint density at radius 3 is 2.73 bits per heavy atom. The van der Waals surface area contributed by atoms with Crippen molar-refractivity contribution >= 4 is 27.7 Å². The number of nitrogens with one attached hydrogen (secondary N) is 1. The Hall–Kier alpha value is -0.900. The van der Waals surface area contributed by atoms with Crippen molar-refractivity contribution in [1.29, 1.82) is 0 Å². The van der Waals surface area contributed by atoms with Crippen LogP contribution in [0.1, 0.15) is 26.7 Å². The normalized spacial score (nSPS) is 10.4. The van der Waals surface area contributed by atoms with Crippen LogP contribution in [-0.4, -0.2) is 10.9 Å². The quantitative estimate of drug-likeness (QED) is 0.913.